The lowest BCUT2D eigenvalue weighted by Gasteiger charge is -2.39. The van der Waals surface area contributed by atoms with Gasteiger partial charge in [-0.25, -0.2) is 4.99 Å². The van der Waals surface area contributed by atoms with Crippen LogP contribution in [0.3, 0.4) is 0 Å². The number of hydrogen-bond acceptors (Lipinski definition) is 5. The van der Waals surface area contributed by atoms with Crippen molar-refractivity contribution in [3.05, 3.63) is 33.8 Å². The molecule has 7 nitrogen and oxygen atoms in total. The number of nitrogens with zero attached hydrogens (tertiary/aromatic N) is 2. The van der Waals surface area contributed by atoms with E-state index in [1.165, 1.54) is 15.6 Å². The summed E-state index contributed by atoms with van der Waals surface area (Å²) in [6, 6.07) is 5.81. The zero-order valence-electron chi connectivity index (χ0n) is 15.1. The van der Waals surface area contributed by atoms with Crippen LogP contribution in [0, 0.1) is 5.41 Å². The second kappa shape index (κ2) is 6.73. The van der Waals surface area contributed by atoms with Crippen LogP contribution in [-0.4, -0.2) is 51.1 Å². The number of rotatable bonds is 3. The van der Waals surface area contributed by atoms with Crippen LogP contribution in [0.15, 0.2) is 23.2 Å². The van der Waals surface area contributed by atoms with Crippen molar-refractivity contribution in [3.8, 4) is 10.6 Å². The van der Waals surface area contributed by atoms with Gasteiger partial charge in [-0.05, 0) is 32.0 Å². The van der Waals surface area contributed by atoms with Gasteiger partial charge in [-0.1, -0.05) is 11.6 Å². The summed E-state index contributed by atoms with van der Waals surface area (Å²) >= 11 is 6.78. The predicted molar refractivity (Wildman–Crippen MR) is 110 cm³/mol. The van der Waals surface area contributed by atoms with Crippen molar-refractivity contribution in [1.82, 2.24) is 14.6 Å². The van der Waals surface area contributed by atoms with Crippen molar-refractivity contribution in [1.29, 1.82) is 5.41 Å². The van der Waals surface area contributed by atoms with Crippen LogP contribution in [0.5, 0.6) is 0 Å². The third kappa shape index (κ3) is 3.33. The van der Waals surface area contributed by atoms with Crippen molar-refractivity contribution in [3.63, 3.8) is 0 Å². The van der Waals surface area contributed by atoms with Crippen molar-refractivity contribution in [2.45, 2.75) is 25.5 Å². The summed E-state index contributed by atoms with van der Waals surface area (Å²) in [4.78, 5) is 9.56. The maximum atomic E-state index is 12.3. The van der Waals surface area contributed by atoms with E-state index in [2.05, 4.69) is 15.3 Å². The first-order valence-electron chi connectivity index (χ1n) is 8.46. The number of aromatic amines is 1. The van der Waals surface area contributed by atoms with E-state index >= 15 is 0 Å². The molecule has 2 aromatic heterocycles. The molecule has 10 heteroatoms. The SMILES string of the molecule is CC1CN=C(c2ccc(-c3cc(Cl)c([C@]4(C)C[S+]([O-])N(C)C(=N)N4)s3)[nH]2)O1. The van der Waals surface area contributed by atoms with Crippen LogP contribution in [0.4, 0.5) is 0 Å². The van der Waals surface area contributed by atoms with Crippen molar-refractivity contribution in [2.75, 3.05) is 19.3 Å². The maximum Gasteiger partial charge on any atom is 0.234 e. The van der Waals surface area contributed by atoms with Gasteiger partial charge in [0.1, 0.15) is 17.3 Å². The highest BCUT2D eigenvalue weighted by Crippen LogP contribution is 2.42. The Hall–Kier alpha value is -1.68. The third-order valence-electron chi connectivity index (χ3n) is 4.60. The molecule has 0 aromatic carbocycles. The fourth-order valence-corrected chi connectivity index (χ4v) is 5.98. The van der Waals surface area contributed by atoms with Gasteiger partial charge in [0.25, 0.3) is 0 Å². The number of halogens is 1. The summed E-state index contributed by atoms with van der Waals surface area (Å²) in [6.07, 6.45) is 0.0983. The molecule has 4 rings (SSSR count). The molecule has 0 amide bonds. The minimum atomic E-state index is -1.28. The molecule has 27 heavy (non-hydrogen) atoms. The van der Waals surface area contributed by atoms with Gasteiger partial charge in [-0.2, -0.15) is 4.31 Å². The average molecular weight is 426 g/mol. The molecule has 4 heterocycles. The smallest absolute Gasteiger partial charge is 0.234 e. The Bertz CT molecular complexity index is 926. The first-order chi connectivity index (χ1) is 12.8. The molecular weight excluding hydrogens is 406 g/mol. The van der Waals surface area contributed by atoms with Gasteiger partial charge in [-0.15, -0.1) is 11.3 Å². The summed E-state index contributed by atoms with van der Waals surface area (Å²) in [5.74, 6) is 1.11. The van der Waals surface area contributed by atoms with Crippen LogP contribution < -0.4 is 5.32 Å². The summed E-state index contributed by atoms with van der Waals surface area (Å²) < 4.78 is 19.5. The molecule has 0 bridgehead atoms. The van der Waals surface area contributed by atoms with Crippen molar-refractivity contribution < 1.29 is 9.29 Å². The minimum absolute atomic E-state index is 0.0983. The lowest BCUT2D eigenvalue weighted by atomic mass is 10.0. The van der Waals surface area contributed by atoms with E-state index in [0.29, 0.717) is 23.2 Å². The van der Waals surface area contributed by atoms with E-state index in [1.54, 1.807) is 7.05 Å². The lowest BCUT2D eigenvalue weighted by molar-refractivity contribution is 0.246. The lowest BCUT2D eigenvalue weighted by Crippen LogP contribution is -2.60. The van der Waals surface area contributed by atoms with E-state index in [9.17, 15) is 4.55 Å². The van der Waals surface area contributed by atoms with Gasteiger partial charge in [0, 0.05) is 0 Å². The normalized spacial score (nSPS) is 28.1. The van der Waals surface area contributed by atoms with Gasteiger partial charge in [0.2, 0.25) is 11.9 Å². The van der Waals surface area contributed by atoms with E-state index in [-0.39, 0.29) is 12.1 Å². The van der Waals surface area contributed by atoms with E-state index in [0.717, 1.165) is 21.1 Å². The molecule has 0 saturated carbocycles. The zero-order valence-corrected chi connectivity index (χ0v) is 17.5. The molecule has 0 radical (unpaired) electrons. The summed E-state index contributed by atoms with van der Waals surface area (Å²) in [6.45, 7) is 4.58. The molecule has 144 valence electrons. The molecule has 2 aromatic rings. The Morgan fingerprint density at radius 1 is 1.48 bits per heavy atom. The highest BCUT2D eigenvalue weighted by Gasteiger charge is 2.44. The molecule has 1 saturated heterocycles. The molecule has 3 N–H and O–H groups in total. The number of guanidine groups is 1. The van der Waals surface area contributed by atoms with Gasteiger partial charge < -0.3 is 19.6 Å². The van der Waals surface area contributed by atoms with E-state index in [4.69, 9.17) is 21.7 Å². The predicted octanol–water partition coefficient (Wildman–Crippen LogP) is 2.91. The fourth-order valence-electron chi connectivity index (χ4n) is 3.11. The number of hydrogen-bond donors (Lipinski definition) is 3. The third-order valence-corrected chi connectivity index (χ3v) is 8.06. The molecule has 2 aliphatic rings. The molecule has 3 atom stereocenters. The Kier molecular flexibility index (Phi) is 4.66. The first-order valence-corrected chi connectivity index (χ1v) is 10.9. The number of aromatic nitrogens is 1. The number of nitrogens with one attached hydrogen (secondary N) is 3. The Balaban J connectivity index is 1.63. The quantitative estimate of drug-likeness (QED) is 0.658. The number of aliphatic imine (C=N–C) groups is 1. The monoisotopic (exact) mass is 425 g/mol. The Morgan fingerprint density at radius 2 is 2.22 bits per heavy atom. The minimum Gasteiger partial charge on any atom is -0.593 e. The van der Waals surface area contributed by atoms with E-state index < -0.39 is 16.9 Å². The standard InChI is InChI=1S/C17H20ClN5O2S2/c1-9-7-20-15(25-9)12-5-4-11(21-12)13-6-10(18)14(26-13)17(2)8-27(24)23(3)16(19)22-17/h4-6,9,21H,7-8H2,1-3H3,(H2,19,22)/t9?,17-,27?/m0/s1. The highest BCUT2D eigenvalue weighted by atomic mass is 35.5. The van der Waals surface area contributed by atoms with Gasteiger partial charge in [0.05, 0.1) is 45.4 Å². The van der Waals surface area contributed by atoms with Gasteiger partial charge >= 0.3 is 0 Å². The highest BCUT2D eigenvalue weighted by molar-refractivity contribution is 7.89. The summed E-state index contributed by atoms with van der Waals surface area (Å²) in [7, 11) is 1.64. The fraction of sp³-hybridized carbons (Fsp3) is 0.412. The van der Waals surface area contributed by atoms with Gasteiger partial charge in [-0.3, -0.25) is 5.41 Å². The molecule has 0 spiro atoms. The largest absolute Gasteiger partial charge is 0.593 e. The van der Waals surface area contributed by atoms with Crippen molar-refractivity contribution in [2.24, 2.45) is 4.99 Å². The number of H-pyrrole nitrogens is 1. The molecule has 2 aliphatic heterocycles. The molecular formula is C17H20ClN5O2S2. The summed E-state index contributed by atoms with van der Waals surface area (Å²) in [5, 5.41) is 11.8. The summed E-state index contributed by atoms with van der Waals surface area (Å²) in [5.41, 5.74) is 1.10. The van der Waals surface area contributed by atoms with Crippen LogP contribution in [0.25, 0.3) is 10.6 Å². The molecule has 2 unspecified atom stereocenters. The maximum absolute atomic E-state index is 12.3. The zero-order chi connectivity index (χ0) is 19.3. The first kappa shape index (κ1) is 18.7. The second-order valence-electron chi connectivity index (χ2n) is 6.92. The molecule has 1 fully saturated rings. The van der Waals surface area contributed by atoms with Crippen LogP contribution in [0.1, 0.15) is 24.4 Å². The second-order valence-corrected chi connectivity index (χ2v) is 9.86. The van der Waals surface area contributed by atoms with Crippen LogP contribution >= 0.6 is 22.9 Å². The molecule has 0 aliphatic carbocycles. The van der Waals surface area contributed by atoms with Crippen LogP contribution in [-0.2, 0) is 21.6 Å². The number of thiophene rings is 1. The Morgan fingerprint density at radius 3 is 2.89 bits per heavy atom. The number of ether oxygens (including phenoxy) is 1. The Labute approximate surface area is 169 Å². The average Bonchev–Trinajstić information content (AvgIpc) is 3.31. The van der Waals surface area contributed by atoms with Crippen LogP contribution in [0.2, 0.25) is 5.02 Å². The van der Waals surface area contributed by atoms with Crippen molar-refractivity contribution >= 4 is 46.2 Å². The van der Waals surface area contributed by atoms with Gasteiger partial charge in [0.15, 0.2) is 5.75 Å². The van der Waals surface area contributed by atoms with E-state index in [1.807, 2.05) is 32.0 Å². The topological polar surface area (TPSA) is 99.6 Å².